The van der Waals surface area contributed by atoms with Gasteiger partial charge in [-0.15, -0.1) is 0 Å². The molecule has 0 atom stereocenters. The quantitative estimate of drug-likeness (QED) is 0.628. The number of anilines is 1. The van der Waals surface area contributed by atoms with Crippen LogP contribution in [0.2, 0.25) is 0 Å². The predicted octanol–water partition coefficient (Wildman–Crippen LogP) is 4.69. The summed E-state index contributed by atoms with van der Waals surface area (Å²) in [6.07, 6.45) is 0. The summed E-state index contributed by atoms with van der Waals surface area (Å²) < 4.78 is 16.7. The predicted molar refractivity (Wildman–Crippen MR) is 109 cm³/mol. The van der Waals surface area contributed by atoms with E-state index in [1.165, 1.54) is 0 Å². The number of benzene rings is 3. The molecule has 27 heavy (non-hydrogen) atoms. The van der Waals surface area contributed by atoms with Gasteiger partial charge in [0.1, 0.15) is 5.75 Å². The molecule has 1 heterocycles. The molecule has 0 saturated heterocycles. The summed E-state index contributed by atoms with van der Waals surface area (Å²) in [6, 6.07) is 23.1. The van der Waals surface area contributed by atoms with Crippen molar-refractivity contribution in [3.05, 3.63) is 78.4 Å². The van der Waals surface area contributed by atoms with Gasteiger partial charge in [-0.05, 0) is 54.2 Å². The van der Waals surface area contributed by atoms with Gasteiger partial charge in [0.25, 0.3) is 0 Å². The second kappa shape index (κ2) is 7.97. The van der Waals surface area contributed by atoms with E-state index >= 15 is 0 Å². The molecule has 0 radical (unpaired) electrons. The zero-order valence-electron chi connectivity index (χ0n) is 14.5. The van der Waals surface area contributed by atoms with Crippen molar-refractivity contribution in [3.63, 3.8) is 0 Å². The van der Waals surface area contributed by atoms with Gasteiger partial charge in [-0.3, -0.25) is 0 Å². The number of rotatable bonds is 5. The Hall–Kier alpha value is -3.25. The van der Waals surface area contributed by atoms with E-state index in [-0.39, 0.29) is 6.79 Å². The lowest BCUT2D eigenvalue weighted by Crippen LogP contribution is -2.28. The molecule has 0 fully saturated rings. The number of fused-ring (bicyclic) bond motifs is 1. The number of para-hydroxylation sites is 3. The van der Waals surface area contributed by atoms with E-state index in [2.05, 4.69) is 10.6 Å². The molecular formula is C21H18N2O3S. The highest BCUT2D eigenvalue weighted by molar-refractivity contribution is 7.80. The number of nitrogens with one attached hydrogen (secondary N) is 2. The van der Waals surface area contributed by atoms with E-state index in [0.29, 0.717) is 17.4 Å². The molecule has 2 N–H and O–H groups in total. The summed E-state index contributed by atoms with van der Waals surface area (Å²) in [7, 11) is 0. The minimum atomic E-state index is 0.268. The summed E-state index contributed by atoms with van der Waals surface area (Å²) in [4.78, 5) is 0. The van der Waals surface area contributed by atoms with Gasteiger partial charge < -0.3 is 24.8 Å². The Kier molecular flexibility index (Phi) is 5.07. The molecule has 3 aromatic carbocycles. The van der Waals surface area contributed by atoms with Gasteiger partial charge in [0.15, 0.2) is 22.4 Å². The van der Waals surface area contributed by atoms with Gasteiger partial charge in [-0.1, -0.05) is 36.4 Å². The van der Waals surface area contributed by atoms with E-state index < -0.39 is 0 Å². The van der Waals surface area contributed by atoms with Crippen LogP contribution in [0.1, 0.15) is 5.56 Å². The van der Waals surface area contributed by atoms with Gasteiger partial charge in [-0.25, -0.2) is 0 Å². The van der Waals surface area contributed by atoms with Gasteiger partial charge in [0, 0.05) is 6.54 Å². The third kappa shape index (κ3) is 4.30. The highest BCUT2D eigenvalue weighted by atomic mass is 32.1. The minimum absolute atomic E-state index is 0.268. The van der Waals surface area contributed by atoms with Crippen LogP contribution < -0.4 is 24.8 Å². The first-order valence-electron chi connectivity index (χ1n) is 8.53. The molecule has 0 spiro atoms. The van der Waals surface area contributed by atoms with Crippen molar-refractivity contribution in [2.45, 2.75) is 6.54 Å². The van der Waals surface area contributed by atoms with E-state index in [0.717, 1.165) is 28.5 Å². The smallest absolute Gasteiger partial charge is 0.231 e. The molecule has 0 amide bonds. The lowest BCUT2D eigenvalue weighted by molar-refractivity contribution is 0.174. The van der Waals surface area contributed by atoms with Gasteiger partial charge >= 0.3 is 0 Å². The molecule has 0 saturated carbocycles. The molecule has 136 valence electrons. The first-order valence-corrected chi connectivity index (χ1v) is 8.94. The molecule has 3 aromatic rings. The van der Waals surface area contributed by atoms with Crippen LogP contribution in [0.4, 0.5) is 5.69 Å². The SMILES string of the molecule is S=C(NCc1ccc2c(c1)OCO2)Nc1ccccc1Oc1ccccc1. The third-order valence-corrected chi connectivity index (χ3v) is 4.24. The summed E-state index contributed by atoms with van der Waals surface area (Å²) in [5, 5.41) is 6.90. The van der Waals surface area contributed by atoms with Crippen molar-refractivity contribution in [2.75, 3.05) is 12.1 Å². The van der Waals surface area contributed by atoms with Crippen molar-refractivity contribution in [3.8, 4) is 23.0 Å². The molecular weight excluding hydrogens is 360 g/mol. The molecule has 1 aliphatic rings. The van der Waals surface area contributed by atoms with Crippen LogP contribution in [-0.4, -0.2) is 11.9 Å². The Morgan fingerprint density at radius 3 is 2.59 bits per heavy atom. The number of ether oxygens (including phenoxy) is 3. The van der Waals surface area contributed by atoms with Crippen molar-refractivity contribution in [2.24, 2.45) is 0 Å². The molecule has 0 unspecified atom stereocenters. The summed E-state index contributed by atoms with van der Waals surface area (Å²) >= 11 is 5.43. The first kappa shape index (κ1) is 17.2. The van der Waals surface area contributed by atoms with Crippen LogP contribution in [0.5, 0.6) is 23.0 Å². The van der Waals surface area contributed by atoms with Crippen molar-refractivity contribution in [1.29, 1.82) is 0 Å². The Balaban J connectivity index is 1.38. The highest BCUT2D eigenvalue weighted by Crippen LogP contribution is 2.32. The van der Waals surface area contributed by atoms with Crippen LogP contribution in [-0.2, 0) is 6.54 Å². The average molecular weight is 378 g/mol. The average Bonchev–Trinajstić information content (AvgIpc) is 3.17. The first-order chi connectivity index (χ1) is 13.3. The number of thiocarbonyl (C=S) groups is 1. The third-order valence-electron chi connectivity index (χ3n) is 4.00. The monoisotopic (exact) mass is 378 g/mol. The van der Waals surface area contributed by atoms with Crippen LogP contribution in [0.25, 0.3) is 0 Å². The topological polar surface area (TPSA) is 51.8 Å². The lowest BCUT2D eigenvalue weighted by Gasteiger charge is -2.14. The zero-order chi connectivity index (χ0) is 18.5. The maximum atomic E-state index is 5.94. The largest absolute Gasteiger partial charge is 0.455 e. The summed E-state index contributed by atoms with van der Waals surface area (Å²) in [6.45, 7) is 0.842. The van der Waals surface area contributed by atoms with Gasteiger partial charge in [-0.2, -0.15) is 0 Å². The fourth-order valence-corrected chi connectivity index (χ4v) is 2.86. The minimum Gasteiger partial charge on any atom is -0.455 e. The lowest BCUT2D eigenvalue weighted by atomic mass is 10.2. The molecule has 0 bridgehead atoms. The molecule has 5 nitrogen and oxygen atoms in total. The van der Waals surface area contributed by atoms with Crippen molar-refractivity contribution in [1.82, 2.24) is 5.32 Å². The number of hydrogen-bond donors (Lipinski definition) is 2. The Bertz CT molecular complexity index is 947. The maximum absolute atomic E-state index is 5.94. The van der Waals surface area contributed by atoms with Crippen molar-refractivity contribution < 1.29 is 14.2 Å². The summed E-state index contributed by atoms with van der Waals surface area (Å²) in [5.74, 6) is 3.00. The van der Waals surface area contributed by atoms with Crippen molar-refractivity contribution >= 4 is 23.0 Å². The fraction of sp³-hybridized carbons (Fsp3) is 0.0952. The molecule has 1 aliphatic heterocycles. The van der Waals surface area contributed by atoms with E-state index in [1.807, 2.05) is 72.8 Å². The maximum Gasteiger partial charge on any atom is 0.231 e. The second-order valence-corrected chi connectivity index (χ2v) is 6.31. The van der Waals surface area contributed by atoms with Gasteiger partial charge in [0.05, 0.1) is 5.69 Å². The van der Waals surface area contributed by atoms with E-state index in [9.17, 15) is 0 Å². The van der Waals surface area contributed by atoms with Crippen LogP contribution in [0, 0.1) is 0 Å². The van der Waals surface area contributed by atoms with Gasteiger partial charge in [0.2, 0.25) is 6.79 Å². The zero-order valence-corrected chi connectivity index (χ0v) is 15.3. The fourth-order valence-electron chi connectivity index (χ4n) is 2.67. The normalized spacial score (nSPS) is 11.7. The van der Waals surface area contributed by atoms with E-state index in [1.54, 1.807) is 0 Å². The van der Waals surface area contributed by atoms with Crippen LogP contribution in [0.15, 0.2) is 72.8 Å². The van der Waals surface area contributed by atoms with E-state index in [4.69, 9.17) is 26.4 Å². The molecule has 0 aromatic heterocycles. The molecule has 0 aliphatic carbocycles. The Morgan fingerprint density at radius 2 is 1.70 bits per heavy atom. The highest BCUT2D eigenvalue weighted by Gasteiger charge is 2.13. The Morgan fingerprint density at radius 1 is 0.926 bits per heavy atom. The molecule has 6 heteroatoms. The standard InChI is InChI=1S/C21H18N2O3S/c27-21(22-13-15-10-11-19-20(12-15)25-14-24-19)23-17-8-4-5-9-18(17)26-16-6-2-1-3-7-16/h1-12H,13-14H2,(H2,22,23,27). The van der Waals surface area contributed by atoms with Crippen LogP contribution >= 0.6 is 12.2 Å². The van der Waals surface area contributed by atoms with Crippen LogP contribution in [0.3, 0.4) is 0 Å². The summed E-state index contributed by atoms with van der Waals surface area (Å²) in [5.41, 5.74) is 1.85. The second-order valence-electron chi connectivity index (χ2n) is 5.91. The number of hydrogen-bond acceptors (Lipinski definition) is 4. The Labute approximate surface area is 162 Å². The molecule has 4 rings (SSSR count).